The topological polar surface area (TPSA) is 63.6 Å². The van der Waals surface area contributed by atoms with Crippen molar-refractivity contribution in [2.75, 3.05) is 6.61 Å². The summed E-state index contributed by atoms with van der Waals surface area (Å²) in [4.78, 5) is 25.9. The molecule has 10 atom stereocenters. The Kier molecular flexibility index (Phi) is 5.29. The van der Waals surface area contributed by atoms with Gasteiger partial charge in [0.05, 0.1) is 12.2 Å². The van der Waals surface area contributed by atoms with E-state index in [4.69, 9.17) is 4.74 Å². The van der Waals surface area contributed by atoms with Gasteiger partial charge in [-0.15, -0.1) is 0 Å². The van der Waals surface area contributed by atoms with Crippen LogP contribution in [0.3, 0.4) is 0 Å². The monoisotopic (exact) mass is 428 g/mol. The molecule has 5 aliphatic rings. The van der Waals surface area contributed by atoms with Crippen LogP contribution < -0.4 is 0 Å². The third-order valence-corrected chi connectivity index (χ3v) is 10.6. The molecule has 0 bridgehead atoms. The molecule has 4 heteroatoms. The van der Waals surface area contributed by atoms with Crippen LogP contribution in [0.1, 0.15) is 79.1 Å². The van der Waals surface area contributed by atoms with Crippen molar-refractivity contribution in [2.45, 2.75) is 91.3 Å². The maximum atomic E-state index is 13.8. The number of allylic oxidation sites excluding steroid dienone is 2. The largest absolute Gasteiger partial charge is 0.396 e. The molecule has 172 valence electrons. The predicted octanol–water partition coefficient (Wildman–Crippen LogP) is 4.74. The number of carbonyl (C=O) groups excluding carboxylic acids is 2. The Morgan fingerprint density at radius 2 is 2.03 bits per heavy atom. The van der Waals surface area contributed by atoms with E-state index in [1.165, 1.54) is 5.57 Å². The molecule has 1 aliphatic heterocycles. The number of carbonyl (C=O) groups is 2. The molecule has 31 heavy (non-hydrogen) atoms. The molecule has 0 amide bonds. The van der Waals surface area contributed by atoms with Gasteiger partial charge < -0.3 is 9.84 Å². The van der Waals surface area contributed by atoms with Crippen molar-refractivity contribution in [3.05, 3.63) is 11.6 Å². The van der Waals surface area contributed by atoms with E-state index in [2.05, 4.69) is 33.8 Å². The maximum Gasteiger partial charge on any atom is 0.162 e. The van der Waals surface area contributed by atoms with Crippen LogP contribution in [0.5, 0.6) is 0 Å². The van der Waals surface area contributed by atoms with Gasteiger partial charge >= 0.3 is 0 Å². The number of hydrogen-bond donors (Lipinski definition) is 1. The molecular formula is C27H40O4. The number of aliphatic hydroxyl groups is 1. The normalized spacial score (nSPS) is 49.7. The van der Waals surface area contributed by atoms with Crippen LogP contribution >= 0.6 is 0 Å². The summed E-state index contributed by atoms with van der Waals surface area (Å²) in [7, 11) is 0. The van der Waals surface area contributed by atoms with Gasteiger partial charge in [-0.1, -0.05) is 33.3 Å². The van der Waals surface area contributed by atoms with Crippen molar-refractivity contribution in [1.29, 1.82) is 0 Å². The van der Waals surface area contributed by atoms with E-state index in [1.807, 2.05) is 0 Å². The molecule has 0 radical (unpaired) electrons. The van der Waals surface area contributed by atoms with Gasteiger partial charge in [0.25, 0.3) is 0 Å². The standard InChI is InChI=1S/C27H40O4/c1-15(14-28)5-8-22-16(2)25-23(31-22)12-21-19-7-6-17-11-18(29)9-10-26(17,3)20(19)13-24(30)27(21,25)4/h13,15-17,19,21-23,25,28H,5-12,14H2,1-4H3/t15-,16?,17?,19?,21?,22?,23?,25?,26+,27-/m1/s1. The second-order valence-electron chi connectivity index (χ2n) is 12.1. The number of ketones is 2. The van der Waals surface area contributed by atoms with Crippen LogP contribution in [0.4, 0.5) is 0 Å². The number of rotatable bonds is 4. The van der Waals surface area contributed by atoms with E-state index >= 15 is 0 Å². The van der Waals surface area contributed by atoms with E-state index in [0.717, 1.165) is 38.5 Å². The van der Waals surface area contributed by atoms with Crippen molar-refractivity contribution < 1.29 is 19.4 Å². The van der Waals surface area contributed by atoms with Gasteiger partial charge in [0, 0.05) is 30.8 Å². The lowest BCUT2D eigenvalue weighted by molar-refractivity contribution is -0.132. The van der Waals surface area contributed by atoms with Gasteiger partial charge in [0.15, 0.2) is 5.78 Å². The lowest BCUT2D eigenvalue weighted by atomic mass is 9.48. The molecule has 0 aromatic carbocycles. The molecular weight excluding hydrogens is 388 g/mol. The molecule has 4 aliphatic carbocycles. The summed E-state index contributed by atoms with van der Waals surface area (Å²) in [5.41, 5.74) is 1.09. The first-order valence-electron chi connectivity index (χ1n) is 12.7. The lowest BCUT2D eigenvalue weighted by Crippen LogP contribution is -2.52. The van der Waals surface area contributed by atoms with Gasteiger partial charge in [0.1, 0.15) is 5.78 Å². The maximum absolute atomic E-state index is 13.8. The summed E-state index contributed by atoms with van der Waals surface area (Å²) in [6.07, 6.45) is 9.95. The fraction of sp³-hybridized carbons (Fsp3) is 0.852. The minimum atomic E-state index is -0.316. The summed E-state index contributed by atoms with van der Waals surface area (Å²) in [6, 6.07) is 0. The van der Waals surface area contributed by atoms with E-state index in [-0.39, 0.29) is 29.6 Å². The summed E-state index contributed by atoms with van der Waals surface area (Å²) in [5.74, 6) is 3.00. The molecule has 1 saturated heterocycles. The Hall–Kier alpha value is -1.00. The van der Waals surface area contributed by atoms with Gasteiger partial charge in [-0.3, -0.25) is 9.59 Å². The van der Waals surface area contributed by atoms with E-state index in [0.29, 0.717) is 59.9 Å². The first-order valence-corrected chi connectivity index (χ1v) is 12.7. The summed E-state index contributed by atoms with van der Waals surface area (Å²) in [5, 5.41) is 9.38. The predicted molar refractivity (Wildman–Crippen MR) is 119 cm³/mol. The summed E-state index contributed by atoms with van der Waals surface area (Å²) >= 11 is 0. The second kappa shape index (κ2) is 7.52. The number of hydrogen-bond acceptors (Lipinski definition) is 4. The highest BCUT2D eigenvalue weighted by molar-refractivity contribution is 5.97. The lowest BCUT2D eigenvalue weighted by Gasteiger charge is -2.55. The fourth-order valence-electron chi connectivity index (χ4n) is 8.63. The Balaban J connectivity index is 1.42. The smallest absolute Gasteiger partial charge is 0.162 e. The van der Waals surface area contributed by atoms with Crippen LogP contribution in [0, 0.1) is 46.3 Å². The molecule has 4 nitrogen and oxygen atoms in total. The van der Waals surface area contributed by atoms with Gasteiger partial charge in [-0.05, 0) is 79.6 Å². The number of fused-ring (bicyclic) bond motifs is 7. The average molecular weight is 429 g/mol. The summed E-state index contributed by atoms with van der Waals surface area (Å²) < 4.78 is 6.62. The van der Waals surface area contributed by atoms with Crippen molar-refractivity contribution in [3.8, 4) is 0 Å². The Morgan fingerprint density at radius 1 is 1.26 bits per heavy atom. The average Bonchev–Trinajstić information content (AvgIpc) is 3.22. The second-order valence-corrected chi connectivity index (χ2v) is 12.1. The Bertz CT molecular complexity index is 801. The quantitative estimate of drug-likeness (QED) is 0.703. The molecule has 3 saturated carbocycles. The first kappa shape index (κ1) is 21.8. The van der Waals surface area contributed by atoms with Crippen molar-refractivity contribution >= 4 is 11.6 Å². The van der Waals surface area contributed by atoms with Gasteiger partial charge in [-0.2, -0.15) is 0 Å². The van der Waals surface area contributed by atoms with E-state index in [9.17, 15) is 14.7 Å². The molecule has 4 fully saturated rings. The number of ether oxygens (including phenoxy) is 1. The zero-order valence-corrected chi connectivity index (χ0v) is 19.7. The van der Waals surface area contributed by atoms with E-state index in [1.54, 1.807) is 0 Å². The molecule has 1 heterocycles. The number of Topliss-reactive ketones (excluding diaryl/α,β-unsaturated/α-hetero) is 1. The molecule has 0 aromatic rings. The van der Waals surface area contributed by atoms with E-state index < -0.39 is 0 Å². The Morgan fingerprint density at radius 3 is 2.77 bits per heavy atom. The fourth-order valence-corrected chi connectivity index (χ4v) is 8.63. The van der Waals surface area contributed by atoms with Crippen molar-refractivity contribution in [3.63, 3.8) is 0 Å². The zero-order chi connectivity index (χ0) is 22.1. The molecule has 1 N–H and O–H groups in total. The third kappa shape index (κ3) is 3.07. The molecule has 0 aromatic heterocycles. The molecule has 0 spiro atoms. The van der Waals surface area contributed by atoms with Crippen molar-refractivity contribution in [1.82, 2.24) is 0 Å². The van der Waals surface area contributed by atoms with Gasteiger partial charge in [0.2, 0.25) is 0 Å². The van der Waals surface area contributed by atoms with Crippen LogP contribution in [-0.4, -0.2) is 35.5 Å². The zero-order valence-electron chi connectivity index (χ0n) is 19.7. The third-order valence-electron chi connectivity index (χ3n) is 10.6. The van der Waals surface area contributed by atoms with Crippen LogP contribution in [-0.2, 0) is 14.3 Å². The highest BCUT2D eigenvalue weighted by Crippen LogP contribution is 2.67. The number of aliphatic hydroxyl groups excluding tert-OH is 1. The highest BCUT2D eigenvalue weighted by Gasteiger charge is 2.66. The van der Waals surface area contributed by atoms with Crippen LogP contribution in [0.2, 0.25) is 0 Å². The minimum Gasteiger partial charge on any atom is -0.396 e. The highest BCUT2D eigenvalue weighted by atomic mass is 16.5. The molecule has 5 rings (SSSR count). The van der Waals surface area contributed by atoms with Crippen molar-refractivity contribution in [2.24, 2.45) is 46.3 Å². The van der Waals surface area contributed by atoms with Gasteiger partial charge in [-0.25, -0.2) is 0 Å². The summed E-state index contributed by atoms with van der Waals surface area (Å²) in [6.45, 7) is 9.20. The SMILES string of the molecule is CC1C(CC[C@@H](C)CO)OC2CC3C4CCC5CC(=O)CC[C@]5(C)C4=CC(=O)[C@]3(C)C21. The molecule has 7 unspecified atom stereocenters. The minimum absolute atomic E-state index is 0.0287. The van der Waals surface area contributed by atoms with Crippen LogP contribution in [0.15, 0.2) is 11.6 Å². The Labute approximate surface area is 187 Å². The van der Waals surface area contributed by atoms with Crippen LogP contribution in [0.25, 0.3) is 0 Å². The first-order chi connectivity index (χ1) is 14.7.